The monoisotopic (exact) mass is 217 g/mol. The van der Waals surface area contributed by atoms with E-state index in [-0.39, 0.29) is 5.92 Å². The summed E-state index contributed by atoms with van der Waals surface area (Å²) in [5.74, 6) is 1.64. The van der Waals surface area contributed by atoms with Gasteiger partial charge in [-0.05, 0) is 18.2 Å². The maximum atomic E-state index is 11.5. The number of rotatable bonds is 7. The van der Waals surface area contributed by atoms with Crippen molar-refractivity contribution in [2.45, 2.75) is 40.2 Å². The second kappa shape index (κ2) is 7.30. The van der Waals surface area contributed by atoms with Crippen LogP contribution in [0.2, 0.25) is 0 Å². The molecule has 14 heavy (non-hydrogen) atoms. The van der Waals surface area contributed by atoms with E-state index >= 15 is 0 Å². The number of carbonyl (C=O) groups excluding carboxylic acids is 1. The highest BCUT2D eigenvalue weighted by Gasteiger charge is 2.14. The Labute approximate surface area is 93.3 Å². The van der Waals surface area contributed by atoms with E-state index in [4.69, 9.17) is 0 Å². The molecule has 0 aromatic rings. The molecule has 0 spiro atoms. The first-order valence-electron chi connectivity index (χ1n) is 5.34. The van der Waals surface area contributed by atoms with Crippen molar-refractivity contribution in [1.29, 1.82) is 0 Å². The second-order valence-corrected chi connectivity index (χ2v) is 4.80. The number of thiol groups is 1. The highest BCUT2D eigenvalue weighted by Crippen LogP contribution is 2.09. The molecule has 0 aromatic carbocycles. The third-order valence-corrected chi connectivity index (χ3v) is 2.72. The van der Waals surface area contributed by atoms with E-state index < -0.39 is 0 Å². The topological polar surface area (TPSA) is 29.1 Å². The molecule has 0 heterocycles. The zero-order chi connectivity index (χ0) is 11.1. The third kappa shape index (κ3) is 6.44. The van der Waals surface area contributed by atoms with E-state index in [1.807, 2.05) is 13.8 Å². The number of Topliss-reactive ketones (excluding diaryl/α,β-unsaturated/α-hetero) is 1. The van der Waals surface area contributed by atoms with Crippen LogP contribution in [-0.2, 0) is 4.79 Å². The van der Waals surface area contributed by atoms with Gasteiger partial charge in [-0.1, -0.05) is 27.7 Å². The van der Waals surface area contributed by atoms with Gasteiger partial charge in [-0.3, -0.25) is 4.79 Å². The fraction of sp³-hybridized carbons (Fsp3) is 0.909. The van der Waals surface area contributed by atoms with Crippen LogP contribution in [0.1, 0.15) is 34.1 Å². The molecule has 0 saturated heterocycles. The maximum Gasteiger partial charge on any atom is 0.135 e. The molecule has 2 nitrogen and oxygen atoms in total. The van der Waals surface area contributed by atoms with Crippen LogP contribution in [0.5, 0.6) is 0 Å². The minimum absolute atomic E-state index is 0.149. The van der Waals surface area contributed by atoms with E-state index in [9.17, 15) is 4.79 Å². The van der Waals surface area contributed by atoms with Crippen molar-refractivity contribution in [2.75, 3.05) is 12.3 Å². The molecule has 3 heteroatoms. The van der Waals surface area contributed by atoms with E-state index in [2.05, 4.69) is 31.8 Å². The van der Waals surface area contributed by atoms with E-state index in [1.165, 1.54) is 0 Å². The first-order chi connectivity index (χ1) is 6.47. The van der Waals surface area contributed by atoms with Crippen LogP contribution in [-0.4, -0.2) is 24.1 Å². The fourth-order valence-corrected chi connectivity index (χ4v) is 1.38. The molecule has 1 unspecified atom stereocenters. The quantitative estimate of drug-likeness (QED) is 0.640. The second-order valence-electron chi connectivity index (χ2n) is 4.44. The number of nitrogens with one attached hydrogen (secondary N) is 1. The number of hydrogen-bond donors (Lipinski definition) is 2. The van der Waals surface area contributed by atoms with Gasteiger partial charge >= 0.3 is 0 Å². The fourth-order valence-electron chi connectivity index (χ4n) is 1.12. The predicted octanol–water partition coefficient (Wildman–Crippen LogP) is 2.15. The smallest absolute Gasteiger partial charge is 0.135 e. The Hall–Kier alpha value is -0.0200. The Morgan fingerprint density at radius 1 is 1.29 bits per heavy atom. The van der Waals surface area contributed by atoms with Gasteiger partial charge in [0.25, 0.3) is 0 Å². The van der Waals surface area contributed by atoms with Crippen LogP contribution in [0.25, 0.3) is 0 Å². The predicted molar refractivity (Wildman–Crippen MR) is 64.9 cm³/mol. The standard InChI is InChI=1S/C11H23NOS/c1-8(2)11(13)5-10(7-14)6-12-9(3)4/h8-10,12,14H,5-7H2,1-4H3. The average molecular weight is 217 g/mol. The summed E-state index contributed by atoms with van der Waals surface area (Å²) in [6.07, 6.45) is 0.654. The lowest BCUT2D eigenvalue weighted by Gasteiger charge is -2.17. The van der Waals surface area contributed by atoms with Crippen LogP contribution < -0.4 is 5.32 Å². The molecule has 0 bridgehead atoms. The Bertz CT molecular complexity index is 169. The Morgan fingerprint density at radius 3 is 2.21 bits per heavy atom. The molecule has 0 aromatic heterocycles. The average Bonchev–Trinajstić information content (AvgIpc) is 2.11. The Balaban J connectivity index is 3.84. The minimum atomic E-state index is 0.149. The third-order valence-electron chi connectivity index (χ3n) is 2.21. The van der Waals surface area contributed by atoms with Crippen molar-refractivity contribution < 1.29 is 4.79 Å². The molecule has 1 N–H and O–H groups in total. The van der Waals surface area contributed by atoms with E-state index in [1.54, 1.807) is 0 Å². The summed E-state index contributed by atoms with van der Waals surface area (Å²) >= 11 is 4.27. The largest absolute Gasteiger partial charge is 0.314 e. The van der Waals surface area contributed by atoms with Crippen molar-refractivity contribution in [3.8, 4) is 0 Å². The van der Waals surface area contributed by atoms with Crippen LogP contribution >= 0.6 is 12.6 Å². The Morgan fingerprint density at radius 2 is 1.86 bits per heavy atom. The van der Waals surface area contributed by atoms with Crippen LogP contribution in [0.15, 0.2) is 0 Å². The summed E-state index contributed by atoms with van der Waals surface area (Å²) in [5.41, 5.74) is 0. The SMILES string of the molecule is CC(C)NCC(CS)CC(=O)C(C)C. The molecule has 0 rings (SSSR count). The summed E-state index contributed by atoms with van der Waals surface area (Å²) in [4.78, 5) is 11.5. The zero-order valence-electron chi connectivity index (χ0n) is 9.71. The molecule has 0 saturated carbocycles. The number of carbonyl (C=O) groups is 1. The van der Waals surface area contributed by atoms with Crippen molar-refractivity contribution >= 4 is 18.4 Å². The van der Waals surface area contributed by atoms with Gasteiger partial charge in [0, 0.05) is 18.4 Å². The van der Waals surface area contributed by atoms with Crippen molar-refractivity contribution in [2.24, 2.45) is 11.8 Å². The number of hydrogen-bond acceptors (Lipinski definition) is 3. The van der Waals surface area contributed by atoms with E-state index in [0.717, 1.165) is 12.3 Å². The minimum Gasteiger partial charge on any atom is -0.314 e. The summed E-state index contributed by atoms with van der Waals surface area (Å²) in [5, 5.41) is 3.34. The molecule has 0 aliphatic rings. The highest BCUT2D eigenvalue weighted by atomic mass is 32.1. The zero-order valence-corrected chi connectivity index (χ0v) is 10.6. The van der Waals surface area contributed by atoms with Crippen molar-refractivity contribution in [1.82, 2.24) is 5.32 Å². The van der Waals surface area contributed by atoms with Gasteiger partial charge in [0.1, 0.15) is 5.78 Å². The first-order valence-corrected chi connectivity index (χ1v) is 5.97. The summed E-state index contributed by atoms with van der Waals surface area (Å²) in [6.45, 7) is 9.01. The summed E-state index contributed by atoms with van der Waals surface area (Å²) in [7, 11) is 0. The first kappa shape index (κ1) is 14.0. The molecule has 0 aliphatic heterocycles. The lowest BCUT2D eigenvalue weighted by Crippen LogP contribution is -2.31. The summed E-state index contributed by atoms with van der Waals surface area (Å²) in [6, 6.07) is 0.478. The number of ketones is 1. The Kier molecular flexibility index (Phi) is 7.28. The van der Waals surface area contributed by atoms with E-state index in [0.29, 0.717) is 24.2 Å². The molecular weight excluding hydrogens is 194 g/mol. The van der Waals surface area contributed by atoms with Gasteiger partial charge in [-0.25, -0.2) is 0 Å². The van der Waals surface area contributed by atoms with Crippen LogP contribution in [0.3, 0.4) is 0 Å². The van der Waals surface area contributed by atoms with Gasteiger partial charge < -0.3 is 5.32 Å². The van der Waals surface area contributed by atoms with Crippen molar-refractivity contribution in [3.63, 3.8) is 0 Å². The molecule has 1 atom stereocenters. The lowest BCUT2D eigenvalue weighted by atomic mass is 9.97. The molecule has 0 amide bonds. The highest BCUT2D eigenvalue weighted by molar-refractivity contribution is 7.80. The lowest BCUT2D eigenvalue weighted by molar-refractivity contribution is -0.122. The molecule has 0 radical (unpaired) electrons. The van der Waals surface area contributed by atoms with Gasteiger partial charge in [0.2, 0.25) is 0 Å². The molecular formula is C11H23NOS. The molecule has 84 valence electrons. The van der Waals surface area contributed by atoms with Gasteiger partial charge in [0.05, 0.1) is 0 Å². The molecule has 0 fully saturated rings. The maximum absolute atomic E-state index is 11.5. The van der Waals surface area contributed by atoms with Crippen LogP contribution in [0, 0.1) is 11.8 Å². The molecule has 0 aliphatic carbocycles. The van der Waals surface area contributed by atoms with Gasteiger partial charge in [-0.15, -0.1) is 0 Å². The summed E-state index contributed by atoms with van der Waals surface area (Å²) < 4.78 is 0. The van der Waals surface area contributed by atoms with Gasteiger partial charge in [-0.2, -0.15) is 12.6 Å². The van der Waals surface area contributed by atoms with Crippen LogP contribution in [0.4, 0.5) is 0 Å². The van der Waals surface area contributed by atoms with Crippen molar-refractivity contribution in [3.05, 3.63) is 0 Å². The normalized spacial score (nSPS) is 13.6. The van der Waals surface area contributed by atoms with Gasteiger partial charge in [0.15, 0.2) is 0 Å².